The SMILES string of the molecule is CC1CCCC(CNC(=O)CC2(N)CCCC2)(N(C)C)C1. The lowest BCUT2D eigenvalue weighted by atomic mass is 9.75. The second-order valence-electron chi connectivity index (χ2n) is 7.84. The quantitative estimate of drug-likeness (QED) is 0.818. The van der Waals surface area contributed by atoms with E-state index in [1.165, 1.54) is 38.5 Å². The molecular weight excluding hydrogens is 262 g/mol. The number of nitrogens with zero attached hydrogens (tertiary/aromatic N) is 1. The first-order chi connectivity index (χ1) is 9.85. The molecule has 0 aromatic carbocycles. The Labute approximate surface area is 129 Å². The van der Waals surface area contributed by atoms with E-state index in [0.717, 1.165) is 25.3 Å². The van der Waals surface area contributed by atoms with Gasteiger partial charge in [-0.3, -0.25) is 4.79 Å². The molecular formula is C17H33N3O. The standard InChI is InChI=1S/C17H33N3O/c1-14-7-6-10-17(11-14,20(2)3)13-19-15(21)12-16(18)8-4-5-9-16/h14H,4-13,18H2,1-3H3,(H,19,21). The van der Waals surface area contributed by atoms with E-state index in [-0.39, 0.29) is 17.0 Å². The summed E-state index contributed by atoms with van der Waals surface area (Å²) in [5.41, 5.74) is 6.20. The smallest absolute Gasteiger partial charge is 0.221 e. The van der Waals surface area contributed by atoms with Gasteiger partial charge in [-0.05, 0) is 45.7 Å². The van der Waals surface area contributed by atoms with E-state index in [4.69, 9.17) is 5.73 Å². The van der Waals surface area contributed by atoms with Gasteiger partial charge in [-0.25, -0.2) is 0 Å². The highest BCUT2D eigenvalue weighted by Gasteiger charge is 2.38. The number of carbonyl (C=O) groups excluding carboxylic acids is 1. The fourth-order valence-corrected chi connectivity index (χ4v) is 4.26. The van der Waals surface area contributed by atoms with Crippen LogP contribution in [0.15, 0.2) is 0 Å². The van der Waals surface area contributed by atoms with Gasteiger partial charge in [-0.1, -0.05) is 32.6 Å². The van der Waals surface area contributed by atoms with Crippen LogP contribution in [-0.2, 0) is 4.79 Å². The average Bonchev–Trinajstić information content (AvgIpc) is 2.83. The molecule has 122 valence electrons. The minimum absolute atomic E-state index is 0.130. The molecule has 4 nitrogen and oxygen atoms in total. The first-order valence-electron chi connectivity index (χ1n) is 8.58. The summed E-state index contributed by atoms with van der Waals surface area (Å²) >= 11 is 0. The number of amides is 1. The molecule has 2 rings (SSSR count). The predicted molar refractivity (Wildman–Crippen MR) is 87.1 cm³/mol. The van der Waals surface area contributed by atoms with Crippen LogP contribution in [-0.4, -0.2) is 42.5 Å². The number of likely N-dealkylation sites (N-methyl/N-ethyl adjacent to an activating group) is 1. The van der Waals surface area contributed by atoms with E-state index in [1.54, 1.807) is 0 Å². The largest absolute Gasteiger partial charge is 0.354 e. The van der Waals surface area contributed by atoms with Crippen molar-refractivity contribution in [2.45, 2.75) is 75.8 Å². The lowest BCUT2D eigenvalue weighted by Crippen LogP contribution is -2.55. The monoisotopic (exact) mass is 295 g/mol. The van der Waals surface area contributed by atoms with Crippen molar-refractivity contribution in [3.05, 3.63) is 0 Å². The topological polar surface area (TPSA) is 58.4 Å². The van der Waals surface area contributed by atoms with Crippen LogP contribution in [0, 0.1) is 5.92 Å². The third kappa shape index (κ3) is 4.19. The van der Waals surface area contributed by atoms with Crippen LogP contribution in [0.4, 0.5) is 0 Å². The van der Waals surface area contributed by atoms with Crippen molar-refractivity contribution >= 4 is 5.91 Å². The summed E-state index contributed by atoms with van der Waals surface area (Å²) in [4.78, 5) is 14.6. The van der Waals surface area contributed by atoms with Gasteiger partial charge in [-0.2, -0.15) is 0 Å². The fourth-order valence-electron chi connectivity index (χ4n) is 4.26. The maximum atomic E-state index is 12.3. The normalized spacial score (nSPS) is 32.3. The molecule has 4 heteroatoms. The molecule has 0 radical (unpaired) electrons. The molecule has 0 aromatic heterocycles. The summed E-state index contributed by atoms with van der Waals surface area (Å²) in [7, 11) is 4.29. The second kappa shape index (κ2) is 6.66. The Morgan fingerprint density at radius 1 is 1.24 bits per heavy atom. The van der Waals surface area contributed by atoms with Crippen LogP contribution in [0.25, 0.3) is 0 Å². The number of nitrogens with one attached hydrogen (secondary N) is 1. The van der Waals surface area contributed by atoms with Gasteiger partial charge >= 0.3 is 0 Å². The van der Waals surface area contributed by atoms with E-state index in [2.05, 4.69) is 31.2 Å². The minimum Gasteiger partial charge on any atom is -0.354 e. The van der Waals surface area contributed by atoms with Gasteiger partial charge in [0.1, 0.15) is 0 Å². The Hall–Kier alpha value is -0.610. The zero-order valence-electron chi connectivity index (χ0n) is 14.1. The van der Waals surface area contributed by atoms with Gasteiger partial charge in [0, 0.05) is 24.0 Å². The van der Waals surface area contributed by atoms with Gasteiger partial charge in [-0.15, -0.1) is 0 Å². The van der Waals surface area contributed by atoms with Crippen molar-refractivity contribution in [1.29, 1.82) is 0 Å². The lowest BCUT2D eigenvalue weighted by molar-refractivity contribution is -0.123. The summed E-state index contributed by atoms with van der Waals surface area (Å²) in [6, 6.07) is 0. The van der Waals surface area contributed by atoms with Gasteiger partial charge in [0.2, 0.25) is 5.91 Å². The summed E-state index contributed by atoms with van der Waals surface area (Å²) in [5, 5.41) is 3.19. The zero-order valence-corrected chi connectivity index (χ0v) is 14.1. The van der Waals surface area contributed by atoms with Crippen LogP contribution in [0.1, 0.15) is 64.7 Å². The Kier molecular flexibility index (Phi) is 5.31. The third-order valence-corrected chi connectivity index (χ3v) is 5.74. The molecule has 2 unspecified atom stereocenters. The van der Waals surface area contributed by atoms with E-state index in [1.807, 2.05) is 0 Å². The van der Waals surface area contributed by atoms with E-state index in [0.29, 0.717) is 6.42 Å². The van der Waals surface area contributed by atoms with E-state index in [9.17, 15) is 4.79 Å². The molecule has 2 fully saturated rings. The van der Waals surface area contributed by atoms with Crippen LogP contribution in [0.3, 0.4) is 0 Å². The van der Waals surface area contributed by atoms with Crippen LogP contribution in [0.2, 0.25) is 0 Å². The number of rotatable bonds is 5. The number of hydrogen-bond acceptors (Lipinski definition) is 3. The third-order valence-electron chi connectivity index (χ3n) is 5.74. The Bertz CT molecular complexity index is 363. The van der Waals surface area contributed by atoms with Crippen LogP contribution in [0.5, 0.6) is 0 Å². The van der Waals surface area contributed by atoms with E-state index >= 15 is 0 Å². The fraction of sp³-hybridized carbons (Fsp3) is 0.941. The Morgan fingerprint density at radius 2 is 1.90 bits per heavy atom. The molecule has 0 aliphatic heterocycles. The molecule has 2 aliphatic rings. The molecule has 2 aliphatic carbocycles. The molecule has 2 atom stereocenters. The first-order valence-corrected chi connectivity index (χ1v) is 8.58. The lowest BCUT2D eigenvalue weighted by Gasteiger charge is -2.45. The number of carbonyl (C=O) groups is 1. The maximum Gasteiger partial charge on any atom is 0.221 e. The predicted octanol–water partition coefficient (Wildman–Crippen LogP) is 2.27. The van der Waals surface area contributed by atoms with Crippen molar-refractivity contribution in [2.75, 3.05) is 20.6 Å². The van der Waals surface area contributed by atoms with Crippen molar-refractivity contribution in [3.8, 4) is 0 Å². The molecule has 2 saturated carbocycles. The molecule has 3 N–H and O–H groups in total. The summed E-state index contributed by atoms with van der Waals surface area (Å²) < 4.78 is 0. The molecule has 21 heavy (non-hydrogen) atoms. The molecule has 0 saturated heterocycles. The summed E-state index contributed by atoms with van der Waals surface area (Å²) in [6.45, 7) is 3.09. The van der Waals surface area contributed by atoms with Gasteiger partial charge in [0.25, 0.3) is 0 Å². The second-order valence-corrected chi connectivity index (χ2v) is 7.84. The molecule has 0 heterocycles. The van der Waals surface area contributed by atoms with Crippen molar-refractivity contribution < 1.29 is 4.79 Å². The van der Waals surface area contributed by atoms with Crippen molar-refractivity contribution in [3.63, 3.8) is 0 Å². The molecule has 0 bridgehead atoms. The van der Waals surface area contributed by atoms with Crippen molar-refractivity contribution in [2.24, 2.45) is 11.7 Å². The molecule has 0 spiro atoms. The number of nitrogens with two attached hydrogens (primary N) is 1. The highest BCUT2D eigenvalue weighted by molar-refractivity contribution is 5.77. The molecule has 0 aromatic rings. The highest BCUT2D eigenvalue weighted by Crippen LogP contribution is 2.35. The van der Waals surface area contributed by atoms with Crippen molar-refractivity contribution in [1.82, 2.24) is 10.2 Å². The molecule has 1 amide bonds. The van der Waals surface area contributed by atoms with Crippen LogP contribution < -0.4 is 11.1 Å². The van der Waals surface area contributed by atoms with Gasteiger partial charge < -0.3 is 16.0 Å². The summed E-state index contributed by atoms with van der Waals surface area (Å²) in [6.07, 6.45) is 9.75. The Balaban J connectivity index is 1.88. The minimum atomic E-state index is -0.241. The van der Waals surface area contributed by atoms with E-state index < -0.39 is 0 Å². The van der Waals surface area contributed by atoms with Gasteiger partial charge in [0.15, 0.2) is 0 Å². The zero-order chi connectivity index (χ0) is 15.5. The number of hydrogen-bond donors (Lipinski definition) is 2. The average molecular weight is 295 g/mol. The maximum absolute atomic E-state index is 12.3. The highest BCUT2D eigenvalue weighted by atomic mass is 16.1. The van der Waals surface area contributed by atoms with Crippen LogP contribution >= 0.6 is 0 Å². The summed E-state index contributed by atoms with van der Waals surface area (Å²) in [5.74, 6) is 0.882. The Morgan fingerprint density at radius 3 is 2.48 bits per heavy atom. The van der Waals surface area contributed by atoms with Gasteiger partial charge in [0.05, 0.1) is 0 Å². The first kappa shape index (κ1) is 16.8.